The van der Waals surface area contributed by atoms with Crippen LogP contribution in [0.25, 0.3) is 22.4 Å². The number of benzene rings is 3. The molecule has 0 unspecified atom stereocenters. The second kappa shape index (κ2) is 8.02. The molecule has 1 heterocycles. The Labute approximate surface area is 169 Å². The van der Waals surface area contributed by atoms with Gasteiger partial charge >= 0.3 is 0 Å². The van der Waals surface area contributed by atoms with Crippen LogP contribution in [0.2, 0.25) is 0 Å². The molecule has 0 saturated carbocycles. The molecule has 2 N–H and O–H groups in total. The molecule has 1 amide bonds. The highest BCUT2D eigenvalue weighted by atomic mass is 16.5. The van der Waals surface area contributed by atoms with Gasteiger partial charge in [0.15, 0.2) is 0 Å². The molecule has 0 atom stereocenters. The van der Waals surface area contributed by atoms with Crippen molar-refractivity contribution in [2.24, 2.45) is 0 Å². The van der Waals surface area contributed by atoms with Gasteiger partial charge in [0.05, 0.1) is 12.8 Å². The number of aromatic nitrogens is 2. The van der Waals surface area contributed by atoms with E-state index in [1.807, 2.05) is 79.7 Å². The van der Waals surface area contributed by atoms with E-state index in [4.69, 9.17) is 4.74 Å². The number of methoxy groups -OCH3 is 1. The molecule has 0 aliphatic rings. The number of nitrogens with zero attached hydrogens (tertiary/aromatic N) is 1. The van der Waals surface area contributed by atoms with Crippen LogP contribution >= 0.6 is 0 Å². The summed E-state index contributed by atoms with van der Waals surface area (Å²) in [5.41, 5.74) is 5.76. The Morgan fingerprint density at radius 1 is 0.931 bits per heavy atom. The fourth-order valence-electron chi connectivity index (χ4n) is 3.19. The fourth-order valence-corrected chi connectivity index (χ4v) is 3.19. The molecule has 0 aliphatic heterocycles. The standard InChI is InChI=1S/C24H21N3O2/c1-16-11-13-17(14-12-16)21-15-22(27-26-21)24(28)25-20-9-5-3-7-18(20)19-8-4-6-10-23(19)29-2/h3-15H,1-2H3,(H,25,28)(H,26,27). The largest absolute Gasteiger partial charge is 0.496 e. The molecule has 3 aromatic carbocycles. The minimum Gasteiger partial charge on any atom is -0.496 e. The molecular weight excluding hydrogens is 362 g/mol. The number of aromatic amines is 1. The molecule has 29 heavy (non-hydrogen) atoms. The van der Waals surface area contributed by atoms with Crippen LogP contribution in [0.4, 0.5) is 5.69 Å². The lowest BCUT2D eigenvalue weighted by Gasteiger charge is -2.13. The zero-order chi connectivity index (χ0) is 20.2. The van der Waals surface area contributed by atoms with Gasteiger partial charge in [0.25, 0.3) is 5.91 Å². The van der Waals surface area contributed by atoms with Crippen molar-refractivity contribution in [1.82, 2.24) is 10.2 Å². The average molecular weight is 383 g/mol. The van der Waals surface area contributed by atoms with E-state index in [0.717, 1.165) is 28.1 Å². The smallest absolute Gasteiger partial charge is 0.273 e. The Hall–Kier alpha value is -3.86. The normalized spacial score (nSPS) is 10.6. The number of hydrogen-bond acceptors (Lipinski definition) is 3. The molecule has 0 spiro atoms. The van der Waals surface area contributed by atoms with Gasteiger partial charge in [-0.15, -0.1) is 0 Å². The molecule has 1 aromatic heterocycles. The first kappa shape index (κ1) is 18.5. The molecule has 0 saturated heterocycles. The first-order valence-electron chi connectivity index (χ1n) is 9.32. The second-order valence-electron chi connectivity index (χ2n) is 6.73. The first-order chi connectivity index (χ1) is 14.2. The van der Waals surface area contributed by atoms with Gasteiger partial charge in [0.1, 0.15) is 11.4 Å². The molecule has 5 nitrogen and oxygen atoms in total. The number of para-hydroxylation sites is 2. The minimum absolute atomic E-state index is 0.252. The number of rotatable bonds is 5. The Morgan fingerprint density at radius 3 is 2.38 bits per heavy atom. The summed E-state index contributed by atoms with van der Waals surface area (Å²) < 4.78 is 5.48. The van der Waals surface area contributed by atoms with Crippen LogP contribution in [-0.2, 0) is 0 Å². The molecule has 5 heteroatoms. The average Bonchev–Trinajstić information content (AvgIpc) is 3.25. The van der Waals surface area contributed by atoms with Gasteiger partial charge in [-0.25, -0.2) is 0 Å². The summed E-state index contributed by atoms with van der Waals surface area (Å²) in [5.74, 6) is 0.496. The number of aryl methyl sites for hydroxylation is 1. The van der Waals surface area contributed by atoms with Crippen molar-refractivity contribution < 1.29 is 9.53 Å². The summed E-state index contributed by atoms with van der Waals surface area (Å²) in [6.45, 7) is 2.03. The van der Waals surface area contributed by atoms with Crippen molar-refractivity contribution in [1.29, 1.82) is 0 Å². The van der Waals surface area contributed by atoms with Crippen molar-refractivity contribution in [2.75, 3.05) is 12.4 Å². The molecule has 0 bridgehead atoms. The van der Waals surface area contributed by atoms with Gasteiger partial charge < -0.3 is 10.1 Å². The molecule has 4 aromatic rings. The Balaban J connectivity index is 1.61. The van der Waals surface area contributed by atoms with Crippen LogP contribution in [0.15, 0.2) is 78.9 Å². The van der Waals surface area contributed by atoms with Gasteiger partial charge in [0.2, 0.25) is 0 Å². The van der Waals surface area contributed by atoms with E-state index in [1.165, 1.54) is 5.56 Å². The second-order valence-corrected chi connectivity index (χ2v) is 6.73. The Bertz CT molecular complexity index is 1150. The van der Waals surface area contributed by atoms with E-state index < -0.39 is 0 Å². The number of hydrogen-bond donors (Lipinski definition) is 2. The van der Waals surface area contributed by atoms with Gasteiger partial charge in [-0.05, 0) is 25.1 Å². The van der Waals surface area contributed by atoms with Crippen LogP contribution in [0.5, 0.6) is 5.75 Å². The fraction of sp³-hybridized carbons (Fsp3) is 0.0833. The third kappa shape index (κ3) is 3.89. The number of carbonyl (C=O) groups is 1. The molecule has 144 valence electrons. The lowest BCUT2D eigenvalue weighted by molar-refractivity contribution is 0.102. The van der Waals surface area contributed by atoms with Crippen molar-refractivity contribution >= 4 is 11.6 Å². The Kier molecular flexibility index (Phi) is 5.12. The maximum absolute atomic E-state index is 12.8. The highest BCUT2D eigenvalue weighted by Gasteiger charge is 2.15. The first-order valence-corrected chi connectivity index (χ1v) is 9.32. The quantitative estimate of drug-likeness (QED) is 0.491. The zero-order valence-corrected chi connectivity index (χ0v) is 16.3. The van der Waals surface area contributed by atoms with E-state index in [-0.39, 0.29) is 5.91 Å². The predicted octanol–water partition coefficient (Wildman–Crippen LogP) is 5.31. The van der Waals surface area contributed by atoms with Gasteiger partial charge in [0, 0.05) is 22.4 Å². The SMILES string of the molecule is COc1ccccc1-c1ccccc1NC(=O)c1cc(-c2ccc(C)cc2)n[nH]1. The number of anilines is 1. The number of amides is 1. The minimum atomic E-state index is -0.252. The topological polar surface area (TPSA) is 67.0 Å². The van der Waals surface area contributed by atoms with Crippen molar-refractivity contribution in [3.63, 3.8) is 0 Å². The van der Waals surface area contributed by atoms with E-state index in [9.17, 15) is 4.79 Å². The van der Waals surface area contributed by atoms with Crippen molar-refractivity contribution in [3.05, 3.63) is 90.1 Å². The van der Waals surface area contributed by atoms with E-state index in [1.54, 1.807) is 13.2 Å². The zero-order valence-electron chi connectivity index (χ0n) is 16.3. The molecule has 0 fully saturated rings. The van der Waals surface area contributed by atoms with Crippen LogP contribution in [0.1, 0.15) is 16.1 Å². The van der Waals surface area contributed by atoms with Crippen LogP contribution < -0.4 is 10.1 Å². The van der Waals surface area contributed by atoms with Gasteiger partial charge in [-0.1, -0.05) is 66.2 Å². The van der Waals surface area contributed by atoms with E-state index in [2.05, 4.69) is 15.5 Å². The Morgan fingerprint density at radius 2 is 1.62 bits per heavy atom. The number of ether oxygens (including phenoxy) is 1. The predicted molar refractivity (Wildman–Crippen MR) is 115 cm³/mol. The number of carbonyl (C=O) groups excluding carboxylic acids is 1. The van der Waals surface area contributed by atoms with E-state index >= 15 is 0 Å². The lowest BCUT2D eigenvalue weighted by atomic mass is 10.0. The van der Waals surface area contributed by atoms with E-state index in [0.29, 0.717) is 11.4 Å². The number of nitrogens with one attached hydrogen (secondary N) is 2. The summed E-state index contributed by atoms with van der Waals surface area (Å²) in [6.07, 6.45) is 0. The molecule has 0 aliphatic carbocycles. The summed E-state index contributed by atoms with van der Waals surface area (Å²) >= 11 is 0. The summed E-state index contributed by atoms with van der Waals surface area (Å²) in [6, 6.07) is 25.2. The summed E-state index contributed by atoms with van der Waals surface area (Å²) in [4.78, 5) is 12.8. The van der Waals surface area contributed by atoms with Crippen LogP contribution in [-0.4, -0.2) is 23.2 Å². The van der Waals surface area contributed by atoms with Crippen molar-refractivity contribution in [3.8, 4) is 28.1 Å². The highest BCUT2D eigenvalue weighted by molar-refractivity contribution is 6.05. The summed E-state index contributed by atoms with van der Waals surface area (Å²) in [5, 5.41) is 10.1. The van der Waals surface area contributed by atoms with Gasteiger partial charge in [-0.3, -0.25) is 9.89 Å². The van der Waals surface area contributed by atoms with Crippen molar-refractivity contribution in [2.45, 2.75) is 6.92 Å². The maximum Gasteiger partial charge on any atom is 0.273 e. The highest BCUT2D eigenvalue weighted by Crippen LogP contribution is 2.34. The summed E-state index contributed by atoms with van der Waals surface area (Å²) in [7, 11) is 1.64. The van der Waals surface area contributed by atoms with Gasteiger partial charge in [-0.2, -0.15) is 5.10 Å². The molecule has 0 radical (unpaired) electrons. The lowest BCUT2D eigenvalue weighted by Crippen LogP contribution is -2.13. The third-order valence-electron chi connectivity index (χ3n) is 4.74. The maximum atomic E-state index is 12.8. The van der Waals surface area contributed by atoms with Crippen LogP contribution in [0, 0.1) is 6.92 Å². The molecular formula is C24H21N3O2. The van der Waals surface area contributed by atoms with Crippen LogP contribution in [0.3, 0.4) is 0 Å². The molecule has 4 rings (SSSR count). The monoisotopic (exact) mass is 383 g/mol. The number of H-pyrrole nitrogens is 1. The third-order valence-corrected chi connectivity index (χ3v) is 4.74.